The van der Waals surface area contributed by atoms with Crippen LogP contribution >= 0.6 is 0 Å². The van der Waals surface area contributed by atoms with Gasteiger partial charge in [-0.15, -0.1) is 0 Å². The zero-order valence-corrected chi connectivity index (χ0v) is 13.7. The molecule has 1 heterocycles. The second kappa shape index (κ2) is 6.57. The smallest absolute Gasteiger partial charge is 0.341 e. The standard InChI is InChI=1S/C15H19NO6S/c1-10-11(2)23(20,21)8-7-16(10)15(19)12-3-5-13(6-4-12)22-9-14(17)18/h3-6,10-11H,7-9H2,1-2H3,(H,17,18). The number of carbonyl (C=O) groups is 2. The van der Waals surface area contributed by atoms with Crippen molar-refractivity contribution in [2.45, 2.75) is 25.1 Å². The number of amides is 1. The molecule has 1 fully saturated rings. The molecular formula is C15H19NO6S. The van der Waals surface area contributed by atoms with Gasteiger partial charge in [0.05, 0.1) is 11.0 Å². The molecule has 0 saturated carbocycles. The summed E-state index contributed by atoms with van der Waals surface area (Å²) in [7, 11) is -3.15. The summed E-state index contributed by atoms with van der Waals surface area (Å²) in [5.41, 5.74) is 0.408. The lowest BCUT2D eigenvalue weighted by molar-refractivity contribution is -0.139. The number of carboxylic acid groups (broad SMARTS) is 1. The minimum Gasteiger partial charge on any atom is -0.482 e. The minimum atomic E-state index is -3.15. The average Bonchev–Trinajstić information content (AvgIpc) is 2.51. The van der Waals surface area contributed by atoms with E-state index in [1.165, 1.54) is 12.1 Å². The van der Waals surface area contributed by atoms with Crippen LogP contribution < -0.4 is 4.74 Å². The first kappa shape index (κ1) is 17.3. The first-order chi connectivity index (χ1) is 10.7. The highest BCUT2D eigenvalue weighted by Crippen LogP contribution is 2.22. The van der Waals surface area contributed by atoms with Crippen molar-refractivity contribution in [1.82, 2.24) is 4.90 Å². The van der Waals surface area contributed by atoms with Crippen LogP contribution in [0.3, 0.4) is 0 Å². The third kappa shape index (κ3) is 3.82. The van der Waals surface area contributed by atoms with Crippen LogP contribution in [-0.4, -0.2) is 60.5 Å². The molecule has 1 aromatic carbocycles. The molecule has 2 unspecified atom stereocenters. The zero-order chi connectivity index (χ0) is 17.2. The number of sulfone groups is 1. The van der Waals surface area contributed by atoms with Crippen LogP contribution in [0.5, 0.6) is 5.75 Å². The van der Waals surface area contributed by atoms with Crippen LogP contribution in [0.25, 0.3) is 0 Å². The Balaban J connectivity index is 2.10. The third-order valence-corrected chi connectivity index (χ3v) is 6.36. The van der Waals surface area contributed by atoms with Gasteiger partial charge in [-0.3, -0.25) is 4.79 Å². The third-order valence-electron chi connectivity index (χ3n) is 4.08. The Hall–Kier alpha value is -2.09. The van der Waals surface area contributed by atoms with E-state index < -0.39 is 33.7 Å². The molecule has 1 amide bonds. The summed E-state index contributed by atoms with van der Waals surface area (Å²) < 4.78 is 28.7. The molecule has 0 spiro atoms. The van der Waals surface area contributed by atoms with Crippen molar-refractivity contribution in [3.05, 3.63) is 29.8 Å². The van der Waals surface area contributed by atoms with Gasteiger partial charge in [0.15, 0.2) is 16.4 Å². The fourth-order valence-corrected chi connectivity index (χ4v) is 4.03. The highest BCUT2D eigenvalue weighted by Gasteiger charge is 2.38. The Morgan fingerprint density at radius 1 is 1.26 bits per heavy atom. The van der Waals surface area contributed by atoms with Crippen molar-refractivity contribution in [1.29, 1.82) is 0 Å². The van der Waals surface area contributed by atoms with E-state index in [2.05, 4.69) is 0 Å². The van der Waals surface area contributed by atoms with Crippen molar-refractivity contribution in [2.24, 2.45) is 0 Å². The van der Waals surface area contributed by atoms with E-state index >= 15 is 0 Å². The van der Waals surface area contributed by atoms with Gasteiger partial charge in [0.2, 0.25) is 0 Å². The summed E-state index contributed by atoms with van der Waals surface area (Å²) in [6.07, 6.45) is 0. The summed E-state index contributed by atoms with van der Waals surface area (Å²) in [4.78, 5) is 24.5. The molecule has 7 nitrogen and oxygen atoms in total. The Morgan fingerprint density at radius 2 is 1.87 bits per heavy atom. The summed E-state index contributed by atoms with van der Waals surface area (Å²) >= 11 is 0. The lowest BCUT2D eigenvalue weighted by Gasteiger charge is -2.37. The number of carbonyl (C=O) groups excluding carboxylic acids is 1. The van der Waals surface area contributed by atoms with Crippen LogP contribution in [0.2, 0.25) is 0 Å². The van der Waals surface area contributed by atoms with Gasteiger partial charge < -0.3 is 14.7 Å². The maximum atomic E-state index is 12.5. The Labute approximate surface area is 134 Å². The maximum absolute atomic E-state index is 12.5. The molecule has 23 heavy (non-hydrogen) atoms. The van der Waals surface area contributed by atoms with Gasteiger partial charge in [-0.2, -0.15) is 0 Å². The van der Waals surface area contributed by atoms with Crippen LogP contribution in [0.1, 0.15) is 24.2 Å². The number of hydrogen-bond acceptors (Lipinski definition) is 5. The van der Waals surface area contributed by atoms with Crippen molar-refractivity contribution in [2.75, 3.05) is 18.9 Å². The normalized spacial score (nSPS) is 23.3. The van der Waals surface area contributed by atoms with E-state index in [4.69, 9.17) is 9.84 Å². The molecule has 2 rings (SSSR count). The number of nitrogens with zero attached hydrogens (tertiary/aromatic N) is 1. The lowest BCUT2D eigenvalue weighted by Crippen LogP contribution is -2.54. The number of benzene rings is 1. The monoisotopic (exact) mass is 341 g/mol. The van der Waals surface area contributed by atoms with Crippen molar-refractivity contribution in [3.8, 4) is 5.75 Å². The van der Waals surface area contributed by atoms with E-state index in [9.17, 15) is 18.0 Å². The predicted molar refractivity (Wildman–Crippen MR) is 83.3 cm³/mol. The lowest BCUT2D eigenvalue weighted by atomic mass is 10.1. The van der Waals surface area contributed by atoms with Gasteiger partial charge >= 0.3 is 5.97 Å². The van der Waals surface area contributed by atoms with Crippen LogP contribution in [-0.2, 0) is 14.6 Å². The number of hydrogen-bond donors (Lipinski definition) is 1. The van der Waals surface area contributed by atoms with Crippen molar-refractivity contribution in [3.63, 3.8) is 0 Å². The average molecular weight is 341 g/mol. The molecule has 1 aliphatic heterocycles. The molecule has 1 aromatic rings. The molecule has 1 N–H and O–H groups in total. The first-order valence-electron chi connectivity index (χ1n) is 7.19. The Morgan fingerprint density at radius 3 is 2.43 bits per heavy atom. The number of rotatable bonds is 4. The summed E-state index contributed by atoms with van der Waals surface area (Å²) in [5, 5.41) is 7.95. The van der Waals surface area contributed by atoms with Crippen molar-refractivity contribution >= 4 is 21.7 Å². The molecule has 1 aliphatic rings. The SMILES string of the molecule is CC1C(C)S(=O)(=O)CCN1C(=O)c1ccc(OCC(=O)O)cc1. The van der Waals surface area contributed by atoms with Gasteiger partial charge in [-0.25, -0.2) is 13.2 Å². The van der Waals surface area contributed by atoms with Gasteiger partial charge in [0.25, 0.3) is 5.91 Å². The van der Waals surface area contributed by atoms with Gasteiger partial charge in [-0.05, 0) is 38.1 Å². The van der Waals surface area contributed by atoms with Gasteiger partial charge in [0, 0.05) is 18.2 Å². The number of aliphatic carboxylic acids is 1. The molecular weight excluding hydrogens is 322 g/mol. The van der Waals surface area contributed by atoms with Crippen LogP contribution in [0, 0.1) is 0 Å². The summed E-state index contributed by atoms with van der Waals surface area (Å²) in [6, 6.07) is 5.72. The fourth-order valence-electron chi connectivity index (χ4n) is 2.46. The topological polar surface area (TPSA) is 101 Å². The first-order valence-corrected chi connectivity index (χ1v) is 8.91. The van der Waals surface area contributed by atoms with E-state index in [0.29, 0.717) is 11.3 Å². The van der Waals surface area contributed by atoms with E-state index in [-0.39, 0.29) is 18.2 Å². The number of ether oxygens (including phenoxy) is 1. The Bertz CT molecular complexity index is 697. The number of carboxylic acids is 1. The van der Waals surface area contributed by atoms with Gasteiger partial charge in [0.1, 0.15) is 5.75 Å². The highest BCUT2D eigenvalue weighted by molar-refractivity contribution is 7.92. The minimum absolute atomic E-state index is 0.0376. The second-order valence-electron chi connectivity index (χ2n) is 5.52. The molecule has 8 heteroatoms. The Kier molecular flexibility index (Phi) is 4.93. The van der Waals surface area contributed by atoms with E-state index in [0.717, 1.165) is 0 Å². The van der Waals surface area contributed by atoms with Crippen LogP contribution in [0.4, 0.5) is 0 Å². The molecule has 2 atom stereocenters. The van der Waals surface area contributed by atoms with E-state index in [1.807, 2.05) is 0 Å². The largest absolute Gasteiger partial charge is 0.482 e. The molecule has 0 aromatic heterocycles. The fraction of sp³-hybridized carbons (Fsp3) is 0.467. The highest BCUT2D eigenvalue weighted by atomic mass is 32.2. The van der Waals surface area contributed by atoms with E-state index in [1.54, 1.807) is 30.9 Å². The molecule has 126 valence electrons. The predicted octanol–water partition coefficient (Wildman–Crippen LogP) is 0.798. The molecule has 0 aliphatic carbocycles. The van der Waals surface area contributed by atoms with Gasteiger partial charge in [-0.1, -0.05) is 0 Å². The molecule has 0 bridgehead atoms. The summed E-state index contributed by atoms with van der Waals surface area (Å²) in [5.74, 6) is -1.01. The van der Waals surface area contributed by atoms with Crippen molar-refractivity contribution < 1.29 is 27.9 Å². The molecule has 0 radical (unpaired) electrons. The maximum Gasteiger partial charge on any atom is 0.341 e. The summed E-state index contributed by atoms with van der Waals surface area (Å²) in [6.45, 7) is 3.06. The zero-order valence-electron chi connectivity index (χ0n) is 12.9. The second-order valence-corrected chi connectivity index (χ2v) is 8.00. The van der Waals surface area contributed by atoms with Crippen LogP contribution in [0.15, 0.2) is 24.3 Å². The quantitative estimate of drug-likeness (QED) is 0.869. The molecule has 1 saturated heterocycles.